The number of carbonyl (C=O) groups excluding carboxylic acids is 1. The first-order valence-electron chi connectivity index (χ1n) is 13.8. The van der Waals surface area contributed by atoms with Gasteiger partial charge in [-0.15, -0.1) is 0 Å². The van der Waals surface area contributed by atoms with E-state index in [1.165, 1.54) is 49.4 Å². The minimum atomic E-state index is -1.73. The fourth-order valence-electron chi connectivity index (χ4n) is 5.19. The first-order chi connectivity index (χ1) is 21.0. The highest BCUT2D eigenvalue weighted by Gasteiger charge is 2.55. The van der Waals surface area contributed by atoms with Crippen molar-refractivity contribution < 1.29 is 74.1 Å². The van der Waals surface area contributed by atoms with Crippen LogP contribution in [0, 0.1) is 0 Å². The Morgan fingerprint density at radius 1 is 0.886 bits per heavy atom. The molecule has 3 aliphatic rings. The molecule has 0 spiro atoms. The van der Waals surface area contributed by atoms with E-state index in [-0.39, 0.29) is 18.1 Å². The van der Waals surface area contributed by atoms with Crippen LogP contribution in [-0.4, -0.2) is 121 Å². The zero-order valence-electron chi connectivity index (χ0n) is 23.3. The summed E-state index contributed by atoms with van der Waals surface area (Å²) in [4.78, 5) is 13.0. The van der Waals surface area contributed by atoms with Crippen molar-refractivity contribution in [2.75, 3.05) is 13.2 Å². The van der Waals surface area contributed by atoms with Crippen LogP contribution >= 0.6 is 0 Å². The van der Waals surface area contributed by atoms with Crippen molar-refractivity contribution in [1.82, 2.24) is 0 Å². The molecular formula is C29H34O15. The zero-order chi connectivity index (χ0) is 31.7. The highest BCUT2D eigenvalue weighted by Crippen LogP contribution is 2.39. The molecule has 8 N–H and O–H groups in total. The highest BCUT2D eigenvalue weighted by molar-refractivity contribution is 5.87. The molecule has 3 saturated heterocycles. The van der Waals surface area contributed by atoms with E-state index in [9.17, 15) is 45.6 Å². The summed E-state index contributed by atoms with van der Waals surface area (Å²) in [7, 11) is 0. The van der Waals surface area contributed by atoms with Gasteiger partial charge in [-0.2, -0.15) is 0 Å². The smallest absolute Gasteiger partial charge is 0.331 e. The Morgan fingerprint density at radius 2 is 1.59 bits per heavy atom. The van der Waals surface area contributed by atoms with Crippen LogP contribution in [0.3, 0.4) is 0 Å². The second-order valence-electron chi connectivity index (χ2n) is 10.7. The van der Waals surface area contributed by atoms with Gasteiger partial charge in [0, 0.05) is 6.08 Å². The Morgan fingerprint density at radius 3 is 2.27 bits per heavy atom. The molecule has 11 atom stereocenters. The molecule has 0 amide bonds. The first kappa shape index (κ1) is 31.9. The van der Waals surface area contributed by atoms with Crippen LogP contribution in [-0.2, 0) is 33.2 Å². The van der Waals surface area contributed by atoms with Crippen LogP contribution in [0.1, 0.15) is 24.2 Å². The fourth-order valence-corrected chi connectivity index (χ4v) is 5.19. The van der Waals surface area contributed by atoms with Crippen LogP contribution in [0.2, 0.25) is 0 Å². The van der Waals surface area contributed by atoms with Crippen LogP contribution in [0.4, 0.5) is 0 Å². The van der Waals surface area contributed by atoms with Gasteiger partial charge in [0.25, 0.3) is 0 Å². The molecule has 3 fully saturated rings. The van der Waals surface area contributed by atoms with Crippen molar-refractivity contribution >= 4 is 12.0 Å². The average molecular weight is 623 g/mol. The summed E-state index contributed by atoms with van der Waals surface area (Å²) < 4.78 is 35.3. The number of aromatic hydroxyl groups is 4. The van der Waals surface area contributed by atoms with Crippen LogP contribution in [0.5, 0.6) is 23.0 Å². The van der Waals surface area contributed by atoms with Crippen LogP contribution < -0.4 is 0 Å². The van der Waals surface area contributed by atoms with Gasteiger partial charge in [-0.1, -0.05) is 12.1 Å². The summed E-state index contributed by atoms with van der Waals surface area (Å²) in [5.74, 6) is -2.43. The topological polar surface area (TPSA) is 234 Å². The van der Waals surface area contributed by atoms with Gasteiger partial charge >= 0.3 is 5.97 Å². The second-order valence-corrected chi connectivity index (χ2v) is 10.7. The van der Waals surface area contributed by atoms with E-state index in [0.29, 0.717) is 11.1 Å². The number of phenolic OH excluding ortho intramolecular Hbond substituents is 4. The molecule has 0 bridgehead atoms. The molecule has 3 aliphatic heterocycles. The molecule has 0 aliphatic carbocycles. The van der Waals surface area contributed by atoms with E-state index < -0.39 is 91.6 Å². The van der Waals surface area contributed by atoms with Crippen LogP contribution in [0.15, 0.2) is 42.5 Å². The Labute approximate surface area is 250 Å². The van der Waals surface area contributed by atoms with Gasteiger partial charge in [0.2, 0.25) is 0 Å². The lowest BCUT2D eigenvalue weighted by atomic mass is 9.95. The van der Waals surface area contributed by atoms with Crippen molar-refractivity contribution in [1.29, 1.82) is 0 Å². The largest absolute Gasteiger partial charge is 0.504 e. The lowest BCUT2D eigenvalue weighted by Crippen LogP contribution is -2.66. The number of phenols is 4. The average Bonchev–Trinajstić information content (AvgIpc) is 3.01. The van der Waals surface area contributed by atoms with E-state index in [1.54, 1.807) is 0 Å². The molecule has 15 heteroatoms. The maximum absolute atomic E-state index is 13.0. The van der Waals surface area contributed by atoms with E-state index in [1.807, 2.05) is 0 Å². The van der Waals surface area contributed by atoms with Gasteiger partial charge < -0.3 is 69.3 Å². The first-order valence-corrected chi connectivity index (χ1v) is 13.8. The normalized spacial score (nSPS) is 35.7. The Kier molecular flexibility index (Phi) is 9.59. The number of hydrogen-bond acceptors (Lipinski definition) is 15. The number of rotatable bonds is 7. The third-order valence-corrected chi connectivity index (χ3v) is 7.64. The number of aliphatic hydroxyl groups excluding tert-OH is 4. The monoisotopic (exact) mass is 622 g/mol. The molecule has 2 aromatic carbocycles. The van der Waals surface area contributed by atoms with Crippen molar-refractivity contribution in [2.24, 2.45) is 0 Å². The standard InChI is InChI=1S/C29H34O15/c1-12-22(36)23(37)24(38)28(40-12)44-26-25(43-21(35)7-3-13-2-5-15(31)17(33)8-13)19(10-30)42-29-27(26)41-20(11-39-29)14-4-6-16(32)18(34)9-14/h2-9,12,19-20,22-34,36-38H,10-11H2,1H3/b7-3+/t12-,19+,20?,22-,23+,24+,25+,26-,27-,28-,29+/m0/s1. The number of esters is 1. The predicted octanol–water partition coefficient (Wildman–Crippen LogP) is -0.479. The molecule has 0 aromatic heterocycles. The molecule has 1 unspecified atom stereocenters. The Bertz CT molecular complexity index is 1350. The fraction of sp³-hybridized carbons (Fsp3) is 0.483. The summed E-state index contributed by atoms with van der Waals surface area (Å²) >= 11 is 0. The molecule has 44 heavy (non-hydrogen) atoms. The van der Waals surface area contributed by atoms with E-state index in [2.05, 4.69) is 0 Å². The van der Waals surface area contributed by atoms with Gasteiger partial charge in [0.05, 0.1) is 19.3 Å². The van der Waals surface area contributed by atoms with Gasteiger partial charge in [0.1, 0.15) is 42.7 Å². The summed E-state index contributed by atoms with van der Waals surface area (Å²) in [6, 6.07) is 7.92. The number of benzene rings is 2. The number of ether oxygens (including phenoxy) is 6. The maximum Gasteiger partial charge on any atom is 0.331 e. The van der Waals surface area contributed by atoms with Gasteiger partial charge in [-0.05, 0) is 48.4 Å². The molecule has 240 valence electrons. The van der Waals surface area contributed by atoms with Crippen LogP contribution in [0.25, 0.3) is 6.08 Å². The Balaban J connectivity index is 1.43. The maximum atomic E-state index is 13.0. The van der Waals surface area contributed by atoms with Gasteiger partial charge in [-0.25, -0.2) is 4.79 Å². The van der Waals surface area contributed by atoms with Crippen molar-refractivity contribution in [3.63, 3.8) is 0 Å². The lowest BCUT2D eigenvalue weighted by molar-refractivity contribution is -0.384. The molecule has 5 rings (SSSR count). The zero-order valence-corrected chi connectivity index (χ0v) is 23.3. The molecule has 3 heterocycles. The lowest BCUT2D eigenvalue weighted by Gasteiger charge is -2.50. The van der Waals surface area contributed by atoms with Gasteiger partial charge in [0.15, 0.2) is 41.7 Å². The number of fused-ring (bicyclic) bond motifs is 1. The third kappa shape index (κ3) is 6.61. The summed E-state index contributed by atoms with van der Waals surface area (Å²) in [5.41, 5.74) is 0.768. The molecule has 15 nitrogen and oxygen atoms in total. The minimum absolute atomic E-state index is 0.0760. The molecule has 2 aromatic rings. The SMILES string of the molecule is C[C@@H]1O[C@@H](O[C@@H]2[C@@H]3OC(c4ccc(O)c(O)c4)CO[C@@H]3O[C@H](CO)[C@H]2OC(=O)/C=C/c2ccc(O)c(O)c2)[C@H](O)[C@H](O)[C@H]1O. The summed E-state index contributed by atoms with van der Waals surface area (Å²) in [6.07, 6.45) is -12.2. The number of carbonyl (C=O) groups is 1. The predicted molar refractivity (Wildman–Crippen MR) is 145 cm³/mol. The second kappa shape index (κ2) is 13.2. The van der Waals surface area contributed by atoms with E-state index in [4.69, 9.17) is 28.4 Å². The van der Waals surface area contributed by atoms with E-state index >= 15 is 0 Å². The van der Waals surface area contributed by atoms with E-state index in [0.717, 1.165) is 6.08 Å². The molecular weight excluding hydrogens is 588 g/mol. The molecule has 0 radical (unpaired) electrons. The highest BCUT2D eigenvalue weighted by atomic mass is 16.8. The van der Waals surface area contributed by atoms with Crippen molar-refractivity contribution in [2.45, 2.75) is 74.4 Å². The number of aliphatic hydroxyl groups is 4. The summed E-state index contributed by atoms with van der Waals surface area (Å²) in [5, 5.41) is 80.3. The van der Waals surface area contributed by atoms with Gasteiger partial charge in [-0.3, -0.25) is 0 Å². The molecule has 0 saturated carbocycles. The summed E-state index contributed by atoms with van der Waals surface area (Å²) in [6.45, 7) is 0.713. The quantitative estimate of drug-likeness (QED) is 0.111. The minimum Gasteiger partial charge on any atom is -0.504 e. The third-order valence-electron chi connectivity index (χ3n) is 7.64. The Hall–Kier alpha value is -3.51. The number of hydrogen-bond donors (Lipinski definition) is 8. The van der Waals surface area contributed by atoms with Crippen molar-refractivity contribution in [3.05, 3.63) is 53.6 Å². The van der Waals surface area contributed by atoms with Crippen molar-refractivity contribution in [3.8, 4) is 23.0 Å².